The summed E-state index contributed by atoms with van der Waals surface area (Å²) >= 11 is 5.94. The van der Waals surface area contributed by atoms with Gasteiger partial charge in [0, 0.05) is 18.1 Å². The van der Waals surface area contributed by atoms with Gasteiger partial charge in [-0.2, -0.15) is 0 Å². The van der Waals surface area contributed by atoms with Crippen molar-refractivity contribution < 1.29 is 5.11 Å². The van der Waals surface area contributed by atoms with Gasteiger partial charge in [0.2, 0.25) is 0 Å². The molecule has 2 aromatic rings. The van der Waals surface area contributed by atoms with Crippen molar-refractivity contribution in [3.63, 3.8) is 0 Å². The normalized spacial score (nSPS) is 10.7. The molecule has 0 unspecified atom stereocenters. The molecule has 2 aromatic carbocycles. The first-order chi connectivity index (χ1) is 9.19. The molecular weight excluding hydrogens is 258 g/mol. The van der Waals surface area contributed by atoms with E-state index in [0.717, 1.165) is 23.7 Å². The second-order valence-electron chi connectivity index (χ2n) is 4.65. The fourth-order valence-corrected chi connectivity index (χ4v) is 2.26. The summed E-state index contributed by atoms with van der Waals surface area (Å²) in [7, 11) is 0. The van der Waals surface area contributed by atoms with Crippen LogP contribution in [0.25, 0.3) is 0 Å². The van der Waals surface area contributed by atoms with Crippen LogP contribution in [0.1, 0.15) is 22.3 Å². The number of hydrogen-bond donors (Lipinski definition) is 2. The van der Waals surface area contributed by atoms with Gasteiger partial charge in [0.1, 0.15) is 0 Å². The molecule has 2 nitrogen and oxygen atoms in total. The van der Waals surface area contributed by atoms with Crippen molar-refractivity contribution in [2.45, 2.75) is 26.6 Å². The Morgan fingerprint density at radius 1 is 1.05 bits per heavy atom. The molecule has 19 heavy (non-hydrogen) atoms. The maximum absolute atomic E-state index is 9.09. The molecule has 0 amide bonds. The maximum atomic E-state index is 9.09. The predicted octanol–water partition coefficient (Wildman–Crippen LogP) is 3.43. The summed E-state index contributed by atoms with van der Waals surface area (Å²) in [5.74, 6) is 0. The first-order valence-electron chi connectivity index (χ1n) is 6.33. The number of nitrogens with one attached hydrogen (secondary N) is 1. The van der Waals surface area contributed by atoms with Crippen molar-refractivity contribution in [1.29, 1.82) is 0 Å². The number of aliphatic hydroxyl groups is 1. The van der Waals surface area contributed by atoms with Gasteiger partial charge in [-0.15, -0.1) is 0 Å². The van der Waals surface area contributed by atoms with Gasteiger partial charge in [0.05, 0.1) is 6.61 Å². The maximum Gasteiger partial charge on any atom is 0.0681 e. The number of aliphatic hydroxyl groups excluding tert-OH is 1. The molecule has 0 saturated carbocycles. The Morgan fingerprint density at radius 3 is 2.58 bits per heavy atom. The number of benzene rings is 2. The van der Waals surface area contributed by atoms with Crippen molar-refractivity contribution in [1.82, 2.24) is 5.32 Å². The summed E-state index contributed by atoms with van der Waals surface area (Å²) in [5.41, 5.74) is 4.58. The standard InChI is InChI=1S/C16H18ClNO/c1-12-7-16(17)6-5-15(12)10-18-9-13-3-2-4-14(8-13)11-19/h2-8,18-19H,9-11H2,1H3. The van der Waals surface area contributed by atoms with Crippen LogP contribution in [-0.4, -0.2) is 5.11 Å². The molecule has 0 aromatic heterocycles. The lowest BCUT2D eigenvalue weighted by atomic mass is 10.1. The first kappa shape index (κ1) is 14.1. The predicted molar refractivity (Wildman–Crippen MR) is 79.1 cm³/mol. The Morgan fingerprint density at radius 2 is 1.84 bits per heavy atom. The third-order valence-electron chi connectivity index (χ3n) is 3.12. The average molecular weight is 276 g/mol. The third kappa shape index (κ3) is 4.06. The summed E-state index contributed by atoms with van der Waals surface area (Å²) in [5, 5.41) is 13.3. The topological polar surface area (TPSA) is 32.3 Å². The van der Waals surface area contributed by atoms with Crippen LogP contribution >= 0.6 is 11.6 Å². The Kier molecular flexibility index (Phi) is 4.97. The summed E-state index contributed by atoms with van der Waals surface area (Å²) < 4.78 is 0. The molecule has 2 rings (SSSR count). The molecule has 100 valence electrons. The quantitative estimate of drug-likeness (QED) is 0.876. The number of halogens is 1. The average Bonchev–Trinajstić information content (AvgIpc) is 2.41. The molecule has 0 bridgehead atoms. The van der Waals surface area contributed by atoms with Gasteiger partial charge in [-0.3, -0.25) is 0 Å². The van der Waals surface area contributed by atoms with E-state index in [4.69, 9.17) is 16.7 Å². The number of hydrogen-bond acceptors (Lipinski definition) is 2. The summed E-state index contributed by atoms with van der Waals surface area (Å²) in [4.78, 5) is 0. The van der Waals surface area contributed by atoms with E-state index in [9.17, 15) is 0 Å². The van der Waals surface area contributed by atoms with Crippen LogP contribution in [-0.2, 0) is 19.7 Å². The molecule has 0 spiro atoms. The van der Waals surface area contributed by atoms with Crippen molar-refractivity contribution in [3.05, 3.63) is 69.7 Å². The van der Waals surface area contributed by atoms with Crippen molar-refractivity contribution in [3.8, 4) is 0 Å². The van der Waals surface area contributed by atoms with E-state index in [0.29, 0.717) is 0 Å². The second kappa shape index (κ2) is 6.71. The SMILES string of the molecule is Cc1cc(Cl)ccc1CNCc1cccc(CO)c1. The summed E-state index contributed by atoms with van der Waals surface area (Å²) in [6.07, 6.45) is 0. The smallest absolute Gasteiger partial charge is 0.0681 e. The molecule has 0 aliphatic heterocycles. The Hall–Kier alpha value is -1.35. The summed E-state index contributed by atoms with van der Waals surface area (Å²) in [6, 6.07) is 13.9. The zero-order chi connectivity index (χ0) is 13.7. The van der Waals surface area contributed by atoms with E-state index in [2.05, 4.69) is 24.4 Å². The van der Waals surface area contributed by atoms with E-state index in [-0.39, 0.29) is 6.61 Å². The van der Waals surface area contributed by atoms with Crippen LogP contribution in [0.2, 0.25) is 5.02 Å². The molecule has 0 fully saturated rings. The Labute approximate surface area is 119 Å². The lowest BCUT2D eigenvalue weighted by Gasteiger charge is -2.09. The van der Waals surface area contributed by atoms with E-state index in [1.165, 1.54) is 16.7 Å². The Bertz CT molecular complexity index is 554. The number of aryl methyl sites for hydroxylation is 1. The lowest BCUT2D eigenvalue weighted by molar-refractivity contribution is 0.281. The van der Waals surface area contributed by atoms with Gasteiger partial charge in [-0.25, -0.2) is 0 Å². The zero-order valence-corrected chi connectivity index (χ0v) is 11.7. The van der Waals surface area contributed by atoms with Crippen LogP contribution in [0.3, 0.4) is 0 Å². The molecule has 0 aliphatic carbocycles. The van der Waals surface area contributed by atoms with Crippen LogP contribution in [0.5, 0.6) is 0 Å². The third-order valence-corrected chi connectivity index (χ3v) is 3.36. The van der Waals surface area contributed by atoms with Crippen LogP contribution in [0, 0.1) is 6.92 Å². The van der Waals surface area contributed by atoms with Gasteiger partial charge in [-0.1, -0.05) is 41.9 Å². The van der Waals surface area contributed by atoms with Gasteiger partial charge < -0.3 is 10.4 Å². The lowest BCUT2D eigenvalue weighted by Crippen LogP contribution is -2.13. The van der Waals surface area contributed by atoms with Crippen molar-refractivity contribution in [2.75, 3.05) is 0 Å². The highest BCUT2D eigenvalue weighted by molar-refractivity contribution is 6.30. The highest BCUT2D eigenvalue weighted by atomic mass is 35.5. The van der Waals surface area contributed by atoms with E-state index >= 15 is 0 Å². The molecule has 2 N–H and O–H groups in total. The largest absolute Gasteiger partial charge is 0.392 e. The zero-order valence-electron chi connectivity index (χ0n) is 11.0. The first-order valence-corrected chi connectivity index (χ1v) is 6.71. The molecule has 0 aliphatic rings. The molecule has 0 heterocycles. The molecule has 0 saturated heterocycles. The van der Waals surface area contributed by atoms with E-state index in [1.807, 2.05) is 30.3 Å². The molecule has 0 radical (unpaired) electrons. The summed E-state index contributed by atoms with van der Waals surface area (Å²) in [6.45, 7) is 3.75. The minimum Gasteiger partial charge on any atom is -0.392 e. The van der Waals surface area contributed by atoms with Crippen molar-refractivity contribution >= 4 is 11.6 Å². The fourth-order valence-electron chi connectivity index (χ4n) is 2.04. The van der Waals surface area contributed by atoms with Gasteiger partial charge >= 0.3 is 0 Å². The van der Waals surface area contributed by atoms with E-state index in [1.54, 1.807) is 0 Å². The molecule has 0 atom stereocenters. The highest BCUT2D eigenvalue weighted by Gasteiger charge is 2.00. The van der Waals surface area contributed by atoms with Crippen LogP contribution in [0.15, 0.2) is 42.5 Å². The minimum absolute atomic E-state index is 0.0874. The molecular formula is C16H18ClNO. The second-order valence-corrected chi connectivity index (χ2v) is 5.09. The monoisotopic (exact) mass is 275 g/mol. The van der Waals surface area contributed by atoms with Gasteiger partial charge in [0.25, 0.3) is 0 Å². The van der Waals surface area contributed by atoms with Crippen LogP contribution in [0.4, 0.5) is 0 Å². The van der Waals surface area contributed by atoms with Crippen molar-refractivity contribution in [2.24, 2.45) is 0 Å². The highest BCUT2D eigenvalue weighted by Crippen LogP contribution is 2.15. The van der Waals surface area contributed by atoms with Gasteiger partial charge in [0.15, 0.2) is 0 Å². The van der Waals surface area contributed by atoms with E-state index < -0.39 is 0 Å². The fraction of sp³-hybridized carbons (Fsp3) is 0.250. The molecule has 3 heteroatoms. The van der Waals surface area contributed by atoms with Crippen LogP contribution < -0.4 is 5.32 Å². The Balaban J connectivity index is 1.92. The van der Waals surface area contributed by atoms with Gasteiger partial charge in [-0.05, 0) is 41.3 Å². The number of rotatable bonds is 5. The minimum atomic E-state index is 0.0874.